The Morgan fingerprint density at radius 2 is 1.86 bits per heavy atom. The number of nitrogens with zero attached hydrogens (tertiary/aromatic N) is 1. The number of piperidine rings is 1. The summed E-state index contributed by atoms with van der Waals surface area (Å²) in [5.41, 5.74) is 0.926. The number of hydrogen-bond donors (Lipinski definition) is 1. The maximum absolute atomic E-state index is 13.0. The van der Waals surface area contributed by atoms with Crippen LogP contribution in [-0.4, -0.2) is 34.6 Å². The summed E-state index contributed by atoms with van der Waals surface area (Å²) in [6.45, 7) is 7.89. The van der Waals surface area contributed by atoms with Gasteiger partial charge in [0.15, 0.2) is 0 Å². The van der Waals surface area contributed by atoms with Crippen LogP contribution in [0.4, 0.5) is 4.39 Å². The summed E-state index contributed by atoms with van der Waals surface area (Å²) in [6, 6.07) is 6.23. The van der Waals surface area contributed by atoms with Crippen LogP contribution in [0.2, 0.25) is 0 Å². The van der Waals surface area contributed by atoms with E-state index in [4.69, 9.17) is 0 Å². The maximum atomic E-state index is 13.0. The minimum atomic E-state index is -0.757. The fourth-order valence-electron chi connectivity index (χ4n) is 2.90. The van der Waals surface area contributed by atoms with Gasteiger partial charge in [0, 0.05) is 18.0 Å². The van der Waals surface area contributed by atoms with E-state index in [0.717, 1.165) is 12.1 Å². The number of benzene rings is 1. The first-order valence-electron chi connectivity index (χ1n) is 7.02. The predicted octanol–water partition coefficient (Wildman–Crippen LogP) is 3.54. The number of carbonyl (C=O) groups is 1. The highest BCUT2D eigenvalue weighted by Crippen LogP contribution is 2.35. The van der Waals surface area contributed by atoms with Gasteiger partial charge in [-0.05, 0) is 51.4 Å². The summed E-state index contributed by atoms with van der Waals surface area (Å²) in [7, 11) is 0. The quantitative estimate of drug-likeness (QED) is 0.907. The molecule has 0 saturated carbocycles. The Morgan fingerprint density at radius 1 is 1.29 bits per heavy atom. The van der Waals surface area contributed by atoms with Crippen LogP contribution in [0.25, 0.3) is 0 Å². The first-order chi connectivity index (χ1) is 9.29. The van der Waals surface area contributed by atoms with Crippen molar-refractivity contribution in [2.45, 2.75) is 38.6 Å². The van der Waals surface area contributed by atoms with Gasteiger partial charge in [0.05, 0.1) is 5.92 Å². The Morgan fingerprint density at radius 3 is 2.33 bits per heavy atom. The topological polar surface area (TPSA) is 40.5 Å². The van der Waals surface area contributed by atoms with E-state index in [-0.39, 0.29) is 35.6 Å². The molecule has 1 N–H and O–H groups in total. The molecule has 0 spiro atoms. The van der Waals surface area contributed by atoms with E-state index in [1.54, 1.807) is 12.1 Å². The molecule has 0 radical (unpaired) electrons. The summed E-state index contributed by atoms with van der Waals surface area (Å²) < 4.78 is 13.0. The van der Waals surface area contributed by atoms with Crippen molar-refractivity contribution in [2.24, 2.45) is 5.92 Å². The SMILES string of the molecule is CC(C)(C)N1CC[C@@H](C(=O)O)[C@H](c2ccc(F)cc2)C1.Cl. The number of carboxylic acid groups (broad SMARTS) is 1. The van der Waals surface area contributed by atoms with E-state index < -0.39 is 5.97 Å². The second kappa shape index (κ2) is 6.75. The van der Waals surface area contributed by atoms with Crippen molar-refractivity contribution in [3.05, 3.63) is 35.6 Å². The molecule has 3 nitrogen and oxygen atoms in total. The zero-order valence-electron chi connectivity index (χ0n) is 12.7. The largest absolute Gasteiger partial charge is 0.481 e. The summed E-state index contributed by atoms with van der Waals surface area (Å²) in [6.07, 6.45) is 0.634. The van der Waals surface area contributed by atoms with Gasteiger partial charge in [-0.3, -0.25) is 9.69 Å². The van der Waals surface area contributed by atoms with Gasteiger partial charge in [0.2, 0.25) is 0 Å². The van der Waals surface area contributed by atoms with Crippen molar-refractivity contribution in [3.63, 3.8) is 0 Å². The average Bonchev–Trinajstić information content (AvgIpc) is 2.37. The molecule has 2 atom stereocenters. The Balaban J connectivity index is 0.00000220. The molecule has 2 rings (SSSR count). The van der Waals surface area contributed by atoms with E-state index in [1.165, 1.54) is 12.1 Å². The van der Waals surface area contributed by atoms with Crippen LogP contribution in [0.3, 0.4) is 0 Å². The maximum Gasteiger partial charge on any atom is 0.307 e. The zero-order valence-corrected chi connectivity index (χ0v) is 13.5. The normalized spacial score (nSPS) is 23.4. The monoisotopic (exact) mass is 315 g/mol. The molecule has 1 aliphatic rings. The first-order valence-corrected chi connectivity index (χ1v) is 7.02. The third kappa shape index (κ3) is 4.17. The molecule has 0 unspecified atom stereocenters. The van der Waals surface area contributed by atoms with Crippen molar-refractivity contribution in [3.8, 4) is 0 Å². The summed E-state index contributed by atoms with van der Waals surface area (Å²) >= 11 is 0. The molecule has 1 heterocycles. The third-order valence-corrected chi connectivity index (χ3v) is 4.18. The molecule has 1 saturated heterocycles. The van der Waals surface area contributed by atoms with Crippen LogP contribution in [0, 0.1) is 11.7 Å². The van der Waals surface area contributed by atoms with Crippen molar-refractivity contribution in [2.75, 3.05) is 13.1 Å². The molecule has 1 aromatic carbocycles. The standard InChI is InChI=1S/C16H22FNO2.ClH/c1-16(2,3)18-9-8-13(15(19)20)14(10-18)11-4-6-12(17)7-5-11;/h4-7,13-14H,8-10H2,1-3H3,(H,19,20);1H/t13-,14+;/m1./s1. The van der Waals surface area contributed by atoms with Crippen LogP contribution in [0.1, 0.15) is 38.7 Å². The number of hydrogen-bond acceptors (Lipinski definition) is 2. The Kier molecular flexibility index (Phi) is 5.76. The molecule has 0 amide bonds. The summed E-state index contributed by atoms with van der Waals surface area (Å²) in [5, 5.41) is 9.42. The van der Waals surface area contributed by atoms with Gasteiger partial charge in [-0.2, -0.15) is 0 Å². The molecule has 0 aliphatic carbocycles. The lowest BCUT2D eigenvalue weighted by Crippen LogP contribution is -2.50. The number of halogens is 2. The second-order valence-electron chi connectivity index (χ2n) is 6.51. The molecule has 0 aromatic heterocycles. The summed E-state index contributed by atoms with van der Waals surface area (Å²) in [4.78, 5) is 13.8. The smallest absolute Gasteiger partial charge is 0.307 e. The number of rotatable bonds is 2. The molecule has 21 heavy (non-hydrogen) atoms. The van der Waals surface area contributed by atoms with Crippen molar-refractivity contribution in [1.82, 2.24) is 4.90 Å². The number of carboxylic acids is 1. The Labute approximate surface area is 131 Å². The van der Waals surface area contributed by atoms with Crippen LogP contribution >= 0.6 is 12.4 Å². The molecule has 1 fully saturated rings. The van der Waals surface area contributed by atoms with Gasteiger partial charge < -0.3 is 5.11 Å². The second-order valence-corrected chi connectivity index (χ2v) is 6.51. The van der Waals surface area contributed by atoms with Gasteiger partial charge >= 0.3 is 5.97 Å². The molecule has 118 valence electrons. The zero-order chi connectivity index (χ0) is 14.9. The first kappa shape index (κ1) is 17.9. The van der Waals surface area contributed by atoms with E-state index in [2.05, 4.69) is 25.7 Å². The fourth-order valence-corrected chi connectivity index (χ4v) is 2.90. The molecular formula is C16H23ClFNO2. The molecule has 1 aromatic rings. The highest BCUT2D eigenvalue weighted by atomic mass is 35.5. The van der Waals surface area contributed by atoms with E-state index in [0.29, 0.717) is 13.0 Å². The Hall–Kier alpha value is -1.13. The fraction of sp³-hybridized carbons (Fsp3) is 0.562. The minimum Gasteiger partial charge on any atom is -0.481 e. The summed E-state index contributed by atoms with van der Waals surface area (Å²) in [5.74, 6) is -1.52. The van der Waals surface area contributed by atoms with Gasteiger partial charge in [-0.15, -0.1) is 12.4 Å². The van der Waals surface area contributed by atoms with Gasteiger partial charge in [-0.25, -0.2) is 4.39 Å². The van der Waals surface area contributed by atoms with E-state index in [1.807, 2.05) is 0 Å². The van der Waals surface area contributed by atoms with E-state index in [9.17, 15) is 14.3 Å². The lowest BCUT2D eigenvalue weighted by Gasteiger charge is -2.44. The van der Waals surface area contributed by atoms with Crippen molar-refractivity contribution >= 4 is 18.4 Å². The van der Waals surface area contributed by atoms with Gasteiger partial charge in [0.25, 0.3) is 0 Å². The molecular weight excluding hydrogens is 293 g/mol. The lowest BCUT2D eigenvalue weighted by molar-refractivity contribution is -0.144. The highest BCUT2D eigenvalue weighted by Gasteiger charge is 2.38. The van der Waals surface area contributed by atoms with Crippen LogP contribution < -0.4 is 0 Å². The predicted molar refractivity (Wildman–Crippen MR) is 83.5 cm³/mol. The third-order valence-electron chi connectivity index (χ3n) is 4.18. The average molecular weight is 316 g/mol. The molecule has 1 aliphatic heterocycles. The van der Waals surface area contributed by atoms with Crippen LogP contribution in [0.5, 0.6) is 0 Å². The Bertz CT molecular complexity index is 484. The van der Waals surface area contributed by atoms with Gasteiger partial charge in [0.1, 0.15) is 5.82 Å². The minimum absolute atomic E-state index is 0. The van der Waals surface area contributed by atoms with Crippen molar-refractivity contribution in [1.29, 1.82) is 0 Å². The lowest BCUT2D eigenvalue weighted by atomic mass is 9.79. The highest BCUT2D eigenvalue weighted by molar-refractivity contribution is 5.85. The van der Waals surface area contributed by atoms with Crippen LogP contribution in [-0.2, 0) is 4.79 Å². The van der Waals surface area contributed by atoms with E-state index >= 15 is 0 Å². The van der Waals surface area contributed by atoms with Crippen molar-refractivity contribution < 1.29 is 14.3 Å². The van der Waals surface area contributed by atoms with Crippen LogP contribution in [0.15, 0.2) is 24.3 Å². The molecule has 0 bridgehead atoms. The number of likely N-dealkylation sites (tertiary alicyclic amines) is 1. The number of aliphatic carboxylic acids is 1. The van der Waals surface area contributed by atoms with Gasteiger partial charge in [-0.1, -0.05) is 12.1 Å². The molecule has 5 heteroatoms.